The number of nitrogens with one attached hydrogen (secondary N) is 1. The van der Waals surface area contributed by atoms with E-state index >= 15 is 0 Å². The maximum absolute atomic E-state index is 11.7. The number of halogens is 1. The molecule has 0 amide bonds. The summed E-state index contributed by atoms with van der Waals surface area (Å²) in [6, 6.07) is 3.46. The van der Waals surface area contributed by atoms with Crippen LogP contribution < -0.4 is 9.47 Å². The van der Waals surface area contributed by atoms with Crippen LogP contribution in [-0.4, -0.2) is 44.9 Å². The molecule has 0 fully saturated rings. The lowest BCUT2D eigenvalue weighted by molar-refractivity contribution is 0.0511. The monoisotopic (exact) mass is 444 g/mol. The fourth-order valence-corrected chi connectivity index (χ4v) is 1.70. The number of ether oxygens (including phenoxy) is 3. The Bertz CT molecular complexity index is 738. The summed E-state index contributed by atoms with van der Waals surface area (Å²) >= 11 is 0. The van der Waals surface area contributed by atoms with Gasteiger partial charge in [0, 0.05) is 18.3 Å². The summed E-state index contributed by atoms with van der Waals surface area (Å²) in [5, 5.41) is 10.5. The number of aromatic nitrogens is 4. The van der Waals surface area contributed by atoms with Crippen molar-refractivity contribution in [2.45, 2.75) is 67.9 Å². The van der Waals surface area contributed by atoms with Gasteiger partial charge in [-0.05, 0) is 31.6 Å². The molecular formula is C21H37ClN4O4. The van der Waals surface area contributed by atoms with Crippen molar-refractivity contribution in [3.05, 3.63) is 24.5 Å². The lowest BCUT2D eigenvalue weighted by Gasteiger charge is -2.19. The van der Waals surface area contributed by atoms with Crippen LogP contribution in [0.2, 0.25) is 0 Å². The minimum absolute atomic E-state index is 0. The smallest absolute Gasteiger partial charge is 0.435 e. The molecule has 2 aromatic heterocycles. The average molecular weight is 445 g/mol. The lowest BCUT2D eigenvalue weighted by atomic mass is 9.99. The van der Waals surface area contributed by atoms with Gasteiger partial charge in [0.1, 0.15) is 5.60 Å². The first-order chi connectivity index (χ1) is 13.1. The molecular weight excluding hydrogens is 408 g/mol. The summed E-state index contributed by atoms with van der Waals surface area (Å²) in [6.45, 7) is 19.3. The van der Waals surface area contributed by atoms with E-state index in [1.54, 1.807) is 12.3 Å². The maximum Gasteiger partial charge on any atom is 0.435 e. The minimum atomic E-state index is -0.532. The van der Waals surface area contributed by atoms with E-state index in [0.29, 0.717) is 19.1 Å². The van der Waals surface area contributed by atoms with Crippen molar-refractivity contribution in [3.63, 3.8) is 0 Å². The Kier molecular flexibility index (Phi) is 10.4. The summed E-state index contributed by atoms with van der Waals surface area (Å²) in [5.74, 6) is 1.16. The summed E-state index contributed by atoms with van der Waals surface area (Å²) in [7, 11) is 0. The van der Waals surface area contributed by atoms with Gasteiger partial charge in [0.05, 0.1) is 19.4 Å². The second kappa shape index (κ2) is 11.2. The highest BCUT2D eigenvalue weighted by Gasteiger charge is 2.19. The topological polar surface area (TPSA) is 91.3 Å². The van der Waals surface area contributed by atoms with E-state index < -0.39 is 11.7 Å². The van der Waals surface area contributed by atoms with Crippen LogP contribution >= 0.6 is 12.4 Å². The molecule has 0 spiro atoms. The molecule has 2 rings (SSSR count). The van der Waals surface area contributed by atoms with E-state index in [1.807, 2.05) is 26.8 Å². The van der Waals surface area contributed by atoms with Crippen molar-refractivity contribution in [2.24, 2.45) is 10.8 Å². The number of aromatic amines is 1. The van der Waals surface area contributed by atoms with Gasteiger partial charge < -0.3 is 14.2 Å². The fraction of sp³-hybridized carbons (Fsp3) is 0.667. The van der Waals surface area contributed by atoms with E-state index in [-0.39, 0.29) is 23.2 Å². The number of H-pyrrole nitrogens is 1. The van der Waals surface area contributed by atoms with Crippen LogP contribution in [0.5, 0.6) is 11.8 Å². The van der Waals surface area contributed by atoms with Crippen LogP contribution in [0.1, 0.15) is 62.3 Å². The number of carbonyl (C=O) groups excluding carboxylic acids is 1. The molecule has 172 valence electrons. The van der Waals surface area contributed by atoms with Crippen LogP contribution in [-0.2, 0) is 4.74 Å². The van der Waals surface area contributed by atoms with Crippen LogP contribution in [0, 0.1) is 10.8 Å². The van der Waals surface area contributed by atoms with Gasteiger partial charge in [0.2, 0.25) is 11.8 Å². The van der Waals surface area contributed by atoms with Gasteiger partial charge >= 0.3 is 6.09 Å². The molecule has 0 aliphatic heterocycles. The predicted octanol–water partition coefficient (Wildman–Crippen LogP) is 5.35. The molecule has 0 unspecified atom stereocenters. The van der Waals surface area contributed by atoms with Crippen LogP contribution in [0.15, 0.2) is 24.5 Å². The third-order valence-corrected chi connectivity index (χ3v) is 2.93. The molecule has 2 aromatic rings. The largest absolute Gasteiger partial charge is 0.477 e. The Morgan fingerprint density at radius 1 is 0.967 bits per heavy atom. The van der Waals surface area contributed by atoms with Crippen molar-refractivity contribution in [3.8, 4) is 11.8 Å². The van der Waals surface area contributed by atoms with Gasteiger partial charge in [0.15, 0.2) is 0 Å². The van der Waals surface area contributed by atoms with Gasteiger partial charge in [-0.1, -0.05) is 41.5 Å². The quantitative estimate of drug-likeness (QED) is 0.683. The Balaban J connectivity index is 0.000000603. The zero-order valence-corrected chi connectivity index (χ0v) is 20.4. The Hall–Kier alpha value is -2.22. The average Bonchev–Trinajstić information content (AvgIpc) is 3.20. The molecule has 0 aliphatic carbocycles. The molecule has 0 saturated heterocycles. The standard InChI is InChI=1S/C13H22N2O3.C8H14N2O.ClH/c1-12(2,3)9-17-10-7-8-15(14-10)11(16)18-13(4,5)6;1-8(2,3)6-11-7-4-5-9-10-7;/h7-8H,9H2,1-6H3;4-5H,6H2,1-3H3,(H,9,10);1H. The highest BCUT2D eigenvalue weighted by atomic mass is 35.5. The van der Waals surface area contributed by atoms with Crippen molar-refractivity contribution in [1.29, 1.82) is 0 Å². The molecule has 2 heterocycles. The van der Waals surface area contributed by atoms with Crippen molar-refractivity contribution < 1.29 is 19.0 Å². The second-order valence-corrected chi connectivity index (χ2v) is 10.2. The van der Waals surface area contributed by atoms with E-state index in [0.717, 1.165) is 10.6 Å². The fourth-order valence-electron chi connectivity index (χ4n) is 1.70. The molecule has 30 heavy (non-hydrogen) atoms. The van der Waals surface area contributed by atoms with Gasteiger partial charge in [-0.25, -0.2) is 9.89 Å². The van der Waals surface area contributed by atoms with Crippen molar-refractivity contribution in [1.82, 2.24) is 20.0 Å². The van der Waals surface area contributed by atoms with Gasteiger partial charge in [-0.15, -0.1) is 17.5 Å². The first kappa shape index (κ1) is 27.8. The van der Waals surface area contributed by atoms with Crippen LogP contribution in [0.25, 0.3) is 0 Å². The van der Waals surface area contributed by atoms with Crippen LogP contribution in [0.4, 0.5) is 4.79 Å². The van der Waals surface area contributed by atoms with Gasteiger partial charge in [0.25, 0.3) is 0 Å². The predicted molar refractivity (Wildman–Crippen MR) is 120 cm³/mol. The molecule has 0 bridgehead atoms. The minimum Gasteiger partial charge on any atom is -0.477 e. The summed E-state index contributed by atoms with van der Waals surface area (Å²) < 4.78 is 17.2. The highest BCUT2D eigenvalue weighted by Crippen LogP contribution is 2.17. The molecule has 0 aromatic carbocycles. The summed E-state index contributed by atoms with van der Waals surface area (Å²) in [4.78, 5) is 11.7. The molecule has 1 N–H and O–H groups in total. The van der Waals surface area contributed by atoms with Crippen molar-refractivity contribution in [2.75, 3.05) is 13.2 Å². The molecule has 0 radical (unpaired) electrons. The molecule has 9 heteroatoms. The van der Waals surface area contributed by atoms with E-state index in [1.165, 1.54) is 6.20 Å². The Morgan fingerprint density at radius 2 is 1.53 bits per heavy atom. The van der Waals surface area contributed by atoms with E-state index in [2.05, 4.69) is 56.8 Å². The summed E-state index contributed by atoms with van der Waals surface area (Å²) in [5.41, 5.74) is -0.281. The van der Waals surface area contributed by atoms with Crippen molar-refractivity contribution >= 4 is 18.5 Å². The first-order valence-electron chi connectivity index (χ1n) is 9.69. The molecule has 0 saturated carbocycles. The maximum atomic E-state index is 11.7. The number of rotatable bonds is 4. The number of hydrogen-bond acceptors (Lipinski definition) is 6. The van der Waals surface area contributed by atoms with Crippen LogP contribution in [0.3, 0.4) is 0 Å². The van der Waals surface area contributed by atoms with Gasteiger partial charge in [-0.2, -0.15) is 9.78 Å². The third-order valence-electron chi connectivity index (χ3n) is 2.93. The molecule has 0 aliphatic rings. The third kappa shape index (κ3) is 13.1. The van der Waals surface area contributed by atoms with E-state index in [4.69, 9.17) is 14.2 Å². The normalized spacial score (nSPS) is 11.6. The SMILES string of the molecule is CC(C)(C)COc1ccn(C(=O)OC(C)(C)C)n1.CC(C)(C)COc1ccn[nH]1.Cl. The zero-order chi connectivity index (χ0) is 22.3. The second-order valence-electron chi connectivity index (χ2n) is 10.2. The number of carbonyl (C=O) groups is 1. The molecule has 0 atom stereocenters. The molecule has 8 nitrogen and oxygen atoms in total. The Labute approximate surface area is 186 Å². The van der Waals surface area contributed by atoms with Gasteiger partial charge in [-0.3, -0.25) is 0 Å². The summed E-state index contributed by atoms with van der Waals surface area (Å²) in [6.07, 6.45) is 2.71. The zero-order valence-electron chi connectivity index (χ0n) is 19.6. The number of hydrogen-bond donors (Lipinski definition) is 1. The highest BCUT2D eigenvalue weighted by molar-refractivity contribution is 5.85. The first-order valence-corrected chi connectivity index (χ1v) is 9.69. The number of nitrogens with zero attached hydrogens (tertiary/aromatic N) is 3. The van der Waals surface area contributed by atoms with E-state index in [9.17, 15) is 4.79 Å². The Morgan fingerprint density at radius 3 is 2.00 bits per heavy atom. The lowest BCUT2D eigenvalue weighted by Crippen LogP contribution is -2.27.